The molecule has 1 saturated carbocycles. The molecule has 1 N–H and O–H groups in total. The highest BCUT2D eigenvalue weighted by molar-refractivity contribution is 6.32. The second-order valence-corrected chi connectivity index (χ2v) is 4.78. The van der Waals surface area contributed by atoms with Crippen molar-refractivity contribution in [3.05, 3.63) is 11.2 Å². The number of hydrogen-bond donors (Lipinski definition) is 1. The van der Waals surface area contributed by atoms with Gasteiger partial charge in [0.2, 0.25) is 5.95 Å². The summed E-state index contributed by atoms with van der Waals surface area (Å²) in [6, 6.07) is -0.136. The molecular weight excluding hydrogens is 281 g/mol. The lowest BCUT2D eigenvalue weighted by Crippen LogP contribution is -2.36. The molecule has 1 heterocycles. The van der Waals surface area contributed by atoms with E-state index in [0.717, 1.165) is 12.8 Å². The molecule has 8 heteroatoms. The lowest BCUT2D eigenvalue weighted by molar-refractivity contribution is -0.120. The Morgan fingerprint density at radius 1 is 1.47 bits per heavy atom. The molecule has 1 aliphatic carbocycles. The van der Waals surface area contributed by atoms with Gasteiger partial charge in [-0.1, -0.05) is 11.6 Å². The third-order valence-electron chi connectivity index (χ3n) is 2.67. The maximum absolute atomic E-state index is 12.6. The molecule has 0 saturated heterocycles. The van der Waals surface area contributed by atoms with Crippen LogP contribution in [0.25, 0.3) is 0 Å². The van der Waals surface area contributed by atoms with Gasteiger partial charge < -0.3 is 10.2 Å². The van der Waals surface area contributed by atoms with E-state index in [2.05, 4.69) is 15.3 Å². The van der Waals surface area contributed by atoms with Gasteiger partial charge in [0.15, 0.2) is 5.82 Å². The van der Waals surface area contributed by atoms with Crippen molar-refractivity contribution < 1.29 is 13.2 Å². The van der Waals surface area contributed by atoms with Gasteiger partial charge in [-0.05, 0) is 19.8 Å². The molecule has 0 unspecified atom stereocenters. The lowest BCUT2D eigenvalue weighted by Gasteiger charge is -2.25. The van der Waals surface area contributed by atoms with Gasteiger partial charge in [0, 0.05) is 12.6 Å². The maximum atomic E-state index is 12.6. The first-order valence-corrected chi connectivity index (χ1v) is 6.38. The summed E-state index contributed by atoms with van der Waals surface area (Å²) in [6.45, 7) is 1.40. The number of aromatic nitrogens is 2. The predicted molar refractivity (Wildman–Crippen MR) is 67.6 cm³/mol. The fraction of sp³-hybridized carbons (Fsp3) is 0.636. The number of halogens is 4. The standard InChI is InChI=1S/C11H14ClF3N4/c1-2-16-10-17-5-8(12)9(18-10)19(7-3-4-7)6-11(13,14)15/h5,7H,2-4,6H2,1H3,(H,16,17,18). The summed E-state index contributed by atoms with van der Waals surface area (Å²) in [6.07, 6.45) is -1.50. The molecule has 0 spiro atoms. The van der Waals surface area contributed by atoms with Crippen molar-refractivity contribution >= 4 is 23.4 Å². The summed E-state index contributed by atoms with van der Waals surface area (Å²) in [7, 11) is 0. The van der Waals surface area contributed by atoms with Crippen molar-refractivity contribution in [2.45, 2.75) is 32.0 Å². The number of hydrogen-bond acceptors (Lipinski definition) is 4. The van der Waals surface area contributed by atoms with Crippen LogP contribution in [0.3, 0.4) is 0 Å². The molecule has 1 aliphatic rings. The Morgan fingerprint density at radius 3 is 2.68 bits per heavy atom. The summed E-state index contributed by atoms with van der Waals surface area (Å²) in [5.74, 6) is 0.433. The van der Waals surface area contributed by atoms with Crippen LogP contribution in [-0.4, -0.2) is 35.3 Å². The minimum Gasteiger partial charge on any atom is -0.354 e. The Kier molecular flexibility index (Phi) is 4.03. The van der Waals surface area contributed by atoms with Gasteiger partial charge in [-0.3, -0.25) is 0 Å². The molecule has 1 fully saturated rings. The van der Waals surface area contributed by atoms with E-state index in [-0.39, 0.29) is 22.8 Å². The smallest absolute Gasteiger partial charge is 0.354 e. The largest absolute Gasteiger partial charge is 0.405 e. The molecule has 106 valence electrons. The first-order chi connectivity index (χ1) is 8.90. The second kappa shape index (κ2) is 5.40. The second-order valence-electron chi connectivity index (χ2n) is 4.37. The number of alkyl halides is 3. The summed E-state index contributed by atoms with van der Waals surface area (Å²) in [5.41, 5.74) is 0. The van der Waals surface area contributed by atoms with Crippen LogP contribution in [0.15, 0.2) is 6.20 Å². The molecule has 1 aromatic heterocycles. The van der Waals surface area contributed by atoms with E-state index in [4.69, 9.17) is 11.6 Å². The molecule has 0 atom stereocenters. The molecule has 2 rings (SSSR count). The van der Waals surface area contributed by atoms with Gasteiger partial charge in [-0.25, -0.2) is 4.98 Å². The van der Waals surface area contributed by atoms with Crippen molar-refractivity contribution in [3.63, 3.8) is 0 Å². The number of nitrogens with zero attached hydrogens (tertiary/aromatic N) is 3. The zero-order valence-electron chi connectivity index (χ0n) is 10.3. The maximum Gasteiger partial charge on any atom is 0.405 e. The van der Waals surface area contributed by atoms with Crippen LogP contribution in [0.1, 0.15) is 19.8 Å². The van der Waals surface area contributed by atoms with Gasteiger partial charge in [-0.15, -0.1) is 0 Å². The number of anilines is 2. The molecular formula is C11H14ClF3N4. The normalized spacial score (nSPS) is 15.4. The topological polar surface area (TPSA) is 41.1 Å². The van der Waals surface area contributed by atoms with E-state index in [0.29, 0.717) is 6.54 Å². The van der Waals surface area contributed by atoms with Crippen molar-refractivity contribution in [1.82, 2.24) is 9.97 Å². The summed E-state index contributed by atoms with van der Waals surface area (Å²) >= 11 is 5.93. The zero-order valence-corrected chi connectivity index (χ0v) is 11.1. The van der Waals surface area contributed by atoms with E-state index >= 15 is 0 Å². The molecule has 0 amide bonds. The van der Waals surface area contributed by atoms with Crippen LogP contribution in [0.4, 0.5) is 24.9 Å². The van der Waals surface area contributed by atoms with Crippen LogP contribution in [0.5, 0.6) is 0 Å². The fourth-order valence-electron chi connectivity index (χ4n) is 1.76. The molecule has 0 radical (unpaired) electrons. The number of nitrogens with one attached hydrogen (secondary N) is 1. The summed E-state index contributed by atoms with van der Waals surface area (Å²) < 4.78 is 37.8. The van der Waals surface area contributed by atoms with Crippen molar-refractivity contribution in [1.29, 1.82) is 0 Å². The lowest BCUT2D eigenvalue weighted by atomic mass is 10.4. The molecule has 0 bridgehead atoms. The molecule has 0 aromatic carbocycles. The van der Waals surface area contributed by atoms with Crippen molar-refractivity contribution in [2.24, 2.45) is 0 Å². The van der Waals surface area contributed by atoms with Gasteiger partial charge in [-0.2, -0.15) is 18.2 Å². The van der Waals surface area contributed by atoms with Gasteiger partial charge in [0.25, 0.3) is 0 Å². The first kappa shape index (κ1) is 14.2. The minimum atomic E-state index is -4.28. The third kappa shape index (κ3) is 3.86. The van der Waals surface area contributed by atoms with Crippen LogP contribution >= 0.6 is 11.6 Å². The van der Waals surface area contributed by atoms with Gasteiger partial charge in [0.05, 0.1) is 6.20 Å². The van der Waals surface area contributed by atoms with E-state index in [1.165, 1.54) is 11.1 Å². The van der Waals surface area contributed by atoms with Crippen molar-refractivity contribution in [2.75, 3.05) is 23.3 Å². The Labute approximate surface area is 114 Å². The SMILES string of the molecule is CCNc1ncc(Cl)c(N(CC(F)(F)F)C2CC2)n1. The van der Waals surface area contributed by atoms with Gasteiger partial charge >= 0.3 is 6.18 Å². The average molecular weight is 295 g/mol. The minimum absolute atomic E-state index is 0.136. The highest BCUT2D eigenvalue weighted by atomic mass is 35.5. The Bertz CT molecular complexity index is 448. The quantitative estimate of drug-likeness (QED) is 0.906. The fourth-order valence-corrected chi connectivity index (χ4v) is 1.96. The Hall–Kier alpha value is -1.24. The van der Waals surface area contributed by atoms with Crippen LogP contribution < -0.4 is 10.2 Å². The predicted octanol–water partition coefficient (Wildman–Crippen LogP) is 3.09. The monoisotopic (exact) mass is 294 g/mol. The van der Waals surface area contributed by atoms with Crippen LogP contribution in [-0.2, 0) is 0 Å². The first-order valence-electron chi connectivity index (χ1n) is 6.00. The summed E-state index contributed by atoms with van der Waals surface area (Å²) in [4.78, 5) is 9.22. The van der Waals surface area contributed by atoms with Crippen LogP contribution in [0, 0.1) is 0 Å². The van der Waals surface area contributed by atoms with E-state index in [1.54, 1.807) is 0 Å². The Morgan fingerprint density at radius 2 is 2.16 bits per heavy atom. The zero-order chi connectivity index (χ0) is 14.0. The highest BCUT2D eigenvalue weighted by Crippen LogP contribution is 2.36. The van der Waals surface area contributed by atoms with Crippen molar-refractivity contribution in [3.8, 4) is 0 Å². The summed E-state index contributed by atoms with van der Waals surface area (Å²) in [5, 5.41) is 3.00. The number of rotatable bonds is 5. The van der Waals surface area contributed by atoms with E-state index < -0.39 is 12.7 Å². The van der Waals surface area contributed by atoms with Gasteiger partial charge in [0.1, 0.15) is 11.6 Å². The molecule has 0 aliphatic heterocycles. The highest BCUT2D eigenvalue weighted by Gasteiger charge is 2.39. The Balaban J connectivity index is 2.27. The molecule has 4 nitrogen and oxygen atoms in total. The average Bonchev–Trinajstić information content (AvgIpc) is 3.12. The van der Waals surface area contributed by atoms with E-state index in [1.807, 2.05) is 6.92 Å². The van der Waals surface area contributed by atoms with E-state index in [9.17, 15) is 13.2 Å². The van der Waals surface area contributed by atoms with Crippen LogP contribution in [0.2, 0.25) is 5.02 Å². The molecule has 1 aromatic rings. The third-order valence-corrected chi connectivity index (χ3v) is 2.94. The molecule has 19 heavy (non-hydrogen) atoms.